The van der Waals surface area contributed by atoms with Crippen molar-refractivity contribution in [1.29, 1.82) is 0 Å². The number of nitrogens with zero attached hydrogens (tertiary/aromatic N) is 1. The highest BCUT2D eigenvalue weighted by molar-refractivity contribution is 5.68. The molecule has 0 rings (SSSR count). The summed E-state index contributed by atoms with van der Waals surface area (Å²) in [6.45, 7) is -0.403. The maximum atomic E-state index is 11.5. The number of hydrogen-bond acceptors (Lipinski definition) is 2. The normalized spacial score (nSPS) is 10.1. The molecule has 0 bridgehead atoms. The molecule has 0 fully saturated rings. The molecule has 0 saturated heterocycles. The molecule has 0 atom stereocenters. The first-order chi connectivity index (χ1) is 4.16. The maximum Gasteiger partial charge on any atom is 0.317 e. The number of carboxylic acids is 1. The molecule has 9 heavy (non-hydrogen) atoms. The van der Waals surface area contributed by atoms with Gasteiger partial charge in [0.1, 0.15) is 6.67 Å². The molecule has 0 radical (unpaired) electrons. The van der Waals surface area contributed by atoms with E-state index in [9.17, 15) is 9.18 Å². The summed E-state index contributed by atoms with van der Waals surface area (Å²) in [5, 5.41) is 8.15. The minimum absolute atomic E-state index is 0.0933. The van der Waals surface area contributed by atoms with E-state index >= 15 is 0 Å². The van der Waals surface area contributed by atoms with Crippen LogP contribution in [0.1, 0.15) is 0 Å². The molecule has 0 spiro atoms. The van der Waals surface area contributed by atoms with E-state index in [1.165, 1.54) is 4.90 Å². The monoisotopic (exact) mass is 135 g/mol. The lowest BCUT2D eigenvalue weighted by Gasteiger charge is -2.09. The summed E-state index contributed by atoms with van der Waals surface area (Å²) in [5.41, 5.74) is 0. The molecule has 0 aromatic heterocycles. The van der Waals surface area contributed by atoms with Crippen molar-refractivity contribution in [1.82, 2.24) is 4.90 Å². The predicted octanol–water partition coefficient (Wildman–Crippen LogP) is -0.0277. The van der Waals surface area contributed by atoms with Crippen LogP contribution in [0.3, 0.4) is 0 Å². The van der Waals surface area contributed by atoms with Crippen LogP contribution in [0.2, 0.25) is 0 Å². The quantitative estimate of drug-likeness (QED) is 0.588. The average Bonchev–Trinajstić information content (AvgIpc) is 1.63. The summed E-state index contributed by atoms with van der Waals surface area (Å²) in [6, 6.07) is 0. The standard InChI is InChI=1S/C5H10FNO2/c1-7(3-2-6)4-5(8)9/h2-4H2,1H3,(H,8,9). The van der Waals surface area contributed by atoms with Crippen molar-refractivity contribution in [3.05, 3.63) is 0 Å². The maximum absolute atomic E-state index is 11.5. The average molecular weight is 135 g/mol. The minimum Gasteiger partial charge on any atom is -0.480 e. The number of aliphatic carboxylic acids is 1. The molecule has 54 valence electrons. The molecule has 0 aromatic rings. The van der Waals surface area contributed by atoms with Crippen LogP contribution < -0.4 is 0 Å². The van der Waals surface area contributed by atoms with E-state index in [4.69, 9.17) is 5.11 Å². The molecule has 4 heteroatoms. The largest absolute Gasteiger partial charge is 0.480 e. The molecular weight excluding hydrogens is 125 g/mol. The lowest BCUT2D eigenvalue weighted by Crippen LogP contribution is -2.27. The van der Waals surface area contributed by atoms with Crippen LogP contribution in [0.4, 0.5) is 4.39 Å². The number of hydrogen-bond donors (Lipinski definition) is 1. The first-order valence-corrected chi connectivity index (χ1v) is 2.63. The van der Waals surface area contributed by atoms with Gasteiger partial charge in [0.15, 0.2) is 0 Å². The predicted molar refractivity (Wildman–Crippen MR) is 31.1 cm³/mol. The summed E-state index contributed by atoms with van der Waals surface area (Å²) >= 11 is 0. The van der Waals surface area contributed by atoms with Gasteiger partial charge in [0.25, 0.3) is 0 Å². The van der Waals surface area contributed by atoms with Gasteiger partial charge in [-0.25, -0.2) is 4.39 Å². The number of alkyl halides is 1. The van der Waals surface area contributed by atoms with Crippen LogP contribution in [0, 0.1) is 0 Å². The number of carboxylic acid groups (broad SMARTS) is 1. The Labute approximate surface area is 53.1 Å². The summed E-state index contributed by atoms with van der Waals surface area (Å²) in [4.78, 5) is 11.3. The summed E-state index contributed by atoms with van der Waals surface area (Å²) in [6.07, 6.45) is 0. The van der Waals surface area contributed by atoms with Gasteiger partial charge in [0.2, 0.25) is 0 Å². The number of likely N-dealkylation sites (N-methyl/N-ethyl adjacent to an activating group) is 1. The second kappa shape index (κ2) is 4.26. The first-order valence-electron chi connectivity index (χ1n) is 2.63. The van der Waals surface area contributed by atoms with E-state index in [1.54, 1.807) is 7.05 Å². The molecule has 0 aliphatic heterocycles. The van der Waals surface area contributed by atoms with Crippen LogP contribution in [-0.4, -0.2) is 42.8 Å². The summed E-state index contributed by atoms with van der Waals surface area (Å²) in [7, 11) is 1.56. The fraction of sp³-hybridized carbons (Fsp3) is 0.800. The molecule has 1 N–H and O–H groups in total. The lowest BCUT2D eigenvalue weighted by atomic mass is 10.5. The number of rotatable bonds is 4. The van der Waals surface area contributed by atoms with Crippen molar-refractivity contribution in [3.63, 3.8) is 0 Å². The second-order valence-electron chi connectivity index (χ2n) is 1.82. The third-order valence-electron chi connectivity index (χ3n) is 0.871. The smallest absolute Gasteiger partial charge is 0.317 e. The van der Waals surface area contributed by atoms with Gasteiger partial charge in [0, 0.05) is 6.54 Å². The Hall–Kier alpha value is -0.640. The zero-order valence-corrected chi connectivity index (χ0v) is 5.30. The van der Waals surface area contributed by atoms with Gasteiger partial charge >= 0.3 is 5.97 Å². The molecule has 3 nitrogen and oxygen atoms in total. The van der Waals surface area contributed by atoms with E-state index < -0.39 is 12.6 Å². The van der Waals surface area contributed by atoms with Crippen LogP contribution in [0.5, 0.6) is 0 Å². The highest BCUT2D eigenvalue weighted by atomic mass is 19.1. The Morgan fingerprint density at radius 2 is 2.33 bits per heavy atom. The molecular formula is C5H10FNO2. The zero-order valence-electron chi connectivity index (χ0n) is 5.30. The van der Waals surface area contributed by atoms with Crippen LogP contribution >= 0.6 is 0 Å². The molecule has 0 unspecified atom stereocenters. The van der Waals surface area contributed by atoms with E-state index in [2.05, 4.69) is 0 Å². The second-order valence-corrected chi connectivity index (χ2v) is 1.82. The van der Waals surface area contributed by atoms with E-state index in [0.717, 1.165) is 0 Å². The van der Waals surface area contributed by atoms with Gasteiger partial charge in [-0.05, 0) is 7.05 Å². The van der Waals surface area contributed by atoms with Crippen LogP contribution in [0.15, 0.2) is 0 Å². The third kappa shape index (κ3) is 5.23. The summed E-state index contributed by atoms with van der Waals surface area (Å²) in [5.74, 6) is -0.925. The van der Waals surface area contributed by atoms with Crippen molar-refractivity contribution in [3.8, 4) is 0 Å². The molecule has 0 heterocycles. The Morgan fingerprint density at radius 1 is 1.78 bits per heavy atom. The van der Waals surface area contributed by atoms with E-state index in [1.807, 2.05) is 0 Å². The van der Waals surface area contributed by atoms with Crippen LogP contribution in [-0.2, 0) is 4.79 Å². The minimum atomic E-state index is -0.925. The molecule has 0 aromatic carbocycles. The Morgan fingerprint density at radius 3 is 2.67 bits per heavy atom. The SMILES string of the molecule is CN(CCF)CC(=O)O. The zero-order chi connectivity index (χ0) is 7.28. The fourth-order valence-corrected chi connectivity index (χ4v) is 0.454. The van der Waals surface area contributed by atoms with Gasteiger partial charge in [-0.15, -0.1) is 0 Å². The number of carbonyl (C=O) groups is 1. The van der Waals surface area contributed by atoms with Gasteiger partial charge < -0.3 is 5.11 Å². The van der Waals surface area contributed by atoms with Gasteiger partial charge in [-0.3, -0.25) is 9.69 Å². The Balaban J connectivity index is 3.26. The lowest BCUT2D eigenvalue weighted by molar-refractivity contribution is -0.137. The van der Waals surface area contributed by atoms with E-state index in [-0.39, 0.29) is 13.1 Å². The fourth-order valence-electron chi connectivity index (χ4n) is 0.454. The highest BCUT2D eigenvalue weighted by Crippen LogP contribution is 1.80. The van der Waals surface area contributed by atoms with Gasteiger partial charge in [-0.1, -0.05) is 0 Å². The van der Waals surface area contributed by atoms with Crippen molar-refractivity contribution >= 4 is 5.97 Å². The number of halogens is 1. The molecule has 0 amide bonds. The topological polar surface area (TPSA) is 40.5 Å². The van der Waals surface area contributed by atoms with Crippen LogP contribution in [0.25, 0.3) is 0 Å². The third-order valence-corrected chi connectivity index (χ3v) is 0.871. The highest BCUT2D eigenvalue weighted by Gasteiger charge is 2.01. The first kappa shape index (κ1) is 8.36. The van der Waals surface area contributed by atoms with Crippen molar-refractivity contribution < 1.29 is 14.3 Å². The van der Waals surface area contributed by atoms with Crippen molar-refractivity contribution in [2.24, 2.45) is 0 Å². The summed E-state index contributed by atoms with van der Waals surface area (Å²) < 4.78 is 11.5. The van der Waals surface area contributed by atoms with Crippen molar-refractivity contribution in [2.45, 2.75) is 0 Å². The van der Waals surface area contributed by atoms with Crippen molar-refractivity contribution in [2.75, 3.05) is 26.8 Å². The Kier molecular flexibility index (Phi) is 3.96. The van der Waals surface area contributed by atoms with Gasteiger partial charge in [0.05, 0.1) is 6.54 Å². The van der Waals surface area contributed by atoms with E-state index in [0.29, 0.717) is 0 Å². The molecule has 0 aliphatic rings. The molecule has 0 aliphatic carbocycles. The molecule has 0 saturated carbocycles. The Bertz CT molecular complexity index is 97.0. The van der Waals surface area contributed by atoms with Gasteiger partial charge in [-0.2, -0.15) is 0 Å².